The van der Waals surface area contributed by atoms with Crippen molar-refractivity contribution in [3.8, 4) is 0 Å². The molecule has 5 rings (SSSR count). The maximum absolute atomic E-state index is 13.7. The van der Waals surface area contributed by atoms with Gasteiger partial charge in [0.1, 0.15) is 5.54 Å². The van der Waals surface area contributed by atoms with Gasteiger partial charge in [0.15, 0.2) is 0 Å². The molecule has 0 aromatic heterocycles. The average Bonchev–Trinajstić information content (AvgIpc) is 3.38. The summed E-state index contributed by atoms with van der Waals surface area (Å²) in [5, 5.41) is 5.92. The lowest BCUT2D eigenvalue weighted by molar-refractivity contribution is -0.130. The summed E-state index contributed by atoms with van der Waals surface area (Å²) < 4.78 is 4.97. The standard InChI is InChI=1S/C24H22N4O6/c1-2-34-22(32)12-7-9-13(10-8-12)28-20(30)18-16(11-17(25)29)27-24(19(18)21(28)31)14-5-3-4-6-15(14)26-23(24)33/h3-10,16,18-19,27H,2,11H2,1H3,(H2,25,29)(H,26,33)/t16-,18+,19-,24-/m0/s1. The molecule has 1 spiro atoms. The van der Waals surface area contributed by atoms with E-state index in [0.29, 0.717) is 11.3 Å². The monoisotopic (exact) mass is 462 g/mol. The molecular formula is C24H22N4O6. The molecule has 2 fully saturated rings. The van der Waals surface area contributed by atoms with Crippen molar-refractivity contribution >= 4 is 41.0 Å². The van der Waals surface area contributed by atoms with Gasteiger partial charge in [0.2, 0.25) is 23.6 Å². The molecule has 3 aliphatic heterocycles. The molecule has 2 saturated heterocycles. The van der Waals surface area contributed by atoms with Gasteiger partial charge in [-0.05, 0) is 37.3 Å². The van der Waals surface area contributed by atoms with Crippen molar-refractivity contribution < 1.29 is 28.7 Å². The van der Waals surface area contributed by atoms with Crippen molar-refractivity contribution in [2.75, 3.05) is 16.8 Å². The Morgan fingerprint density at radius 3 is 2.44 bits per heavy atom. The predicted octanol–water partition coefficient (Wildman–Crippen LogP) is 0.664. The van der Waals surface area contributed by atoms with Crippen LogP contribution in [-0.4, -0.2) is 42.2 Å². The lowest BCUT2D eigenvalue weighted by Crippen LogP contribution is -2.53. The van der Waals surface area contributed by atoms with Crippen LogP contribution in [0.3, 0.4) is 0 Å². The first kappa shape index (κ1) is 21.8. The number of primary amides is 1. The molecule has 0 unspecified atom stereocenters. The quantitative estimate of drug-likeness (QED) is 0.437. The molecule has 34 heavy (non-hydrogen) atoms. The van der Waals surface area contributed by atoms with Crippen LogP contribution in [0.4, 0.5) is 11.4 Å². The van der Waals surface area contributed by atoms with Crippen LogP contribution in [0, 0.1) is 11.8 Å². The summed E-state index contributed by atoms with van der Waals surface area (Å²) in [6, 6.07) is 12.0. The Morgan fingerprint density at radius 1 is 1.06 bits per heavy atom. The molecule has 0 aliphatic carbocycles. The molecular weight excluding hydrogens is 440 g/mol. The van der Waals surface area contributed by atoms with E-state index in [0.717, 1.165) is 4.90 Å². The normalized spacial score (nSPS) is 27.0. The number of imide groups is 1. The van der Waals surface area contributed by atoms with E-state index in [9.17, 15) is 24.0 Å². The van der Waals surface area contributed by atoms with E-state index in [4.69, 9.17) is 10.5 Å². The maximum atomic E-state index is 13.7. The third kappa shape index (κ3) is 2.95. The first-order chi connectivity index (χ1) is 16.3. The van der Waals surface area contributed by atoms with Gasteiger partial charge >= 0.3 is 5.97 Å². The number of anilines is 2. The van der Waals surface area contributed by atoms with E-state index in [2.05, 4.69) is 10.6 Å². The van der Waals surface area contributed by atoms with Crippen molar-refractivity contribution in [3.05, 3.63) is 59.7 Å². The largest absolute Gasteiger partial charge is 0.462 e. The minimum Gasteiger partial charge on any atom is -0.462 e. The summed E-state index contributed by atoms with van der Waals surface area (Å²) in [4.78, 5) is 65.4. The van der Waals surface area contributed by atoms with E-state index in [1.807, 2.05) is 0 Å². The smallest absolute Gasteiger partial charge is 0.338 e. The number of para-hydroxylation sites is 1. The molecule has 0 bridgehead atoms. The van der Waals surface area contributed by atoms with Gasteiger partial charge in [-0.1, -0.05) is 18.2 Å². The number of nitrogens with one attached hydrogen (secondary N) is 2. The van der Waals surface area contributed by atoms with Crippen molar-refractivity contribution in [1.82, 2.24) is 5.32 Å². The number of nitrogens with zero attached hydrogens (tertiary/aromatic N) is 1. The first-order valence-electron chi connectivity index (χ1n) is 10.9. The van der Waals surface area contributed by atoms with Gasteiger partial charge in [0.05, 0.1) is 29.7 Å². The van der Waals surface area contributed by atoms with Crippen LogP contribution >= 0.6 is 0 Å². The number of nitrogens with two attached hydrogens (primary N) is 1. The molecule has 2 aromatic carbocycles. The van der Waals surface area contributed by atoms with Gasteiger partial charge in [0.25, 0.3) is 0 Å². The van der Waals surface area contributed by atoms with E-state index in [1.54, 1.807) is 31.2 Å². The first-order valence-corrected chi connectivity index (χ1v) is 10.9. The Morgan fingerprint density at radius 2 is 1.76 bits per heavy atom. The molecule has 0 saturated carbocycles. The van der Waals surface area contributed by atoms with Crippen molar-refractivity contribution in [2.45, 2.75) is 24.9 Å². The molecule has 174 valence electrons. The number of rotatable bonds is 5. The molecule has 3 aliphatic rings. The lowest BCUT2D eigenvalue weighted by atomic mass is 9.76. The third-order valence-electron chi connectivity index (χ3n) is 6.68. The van der Waals surface area contributed by atoms with Gasteiger partial charge in [0, 0.05) is 23.7 Å². The van der Waals surface area contributed by atoms with Crippen molar-refractivity contribution in [1.29, 1.82) is 0 Å². The lowest BCUT2D eigenvalue weighted by Gasteiger charge is -2.29. The summed E-state index contributed by atoms with van der Waals surface area (Å²) in [6.07, 6.45) is -0.215. The number of hydrogen-bond acceptors (Lipinski definition) is 7. The molecule has 4 N–H and O–H groups in total. The SMILES string of the molecule is CCOC(=O)c1ccc(N2C(=O)[C@@H]3[C@H](CC(N)=O)N[C@]4(C(=O)Nc5ccccc54)[C@@H]3C2=O)cc1. The molecule has 10 heteroatoms. The second-order valence-electron chi connectivity index (χ2n) is 8.51. The molecule has 2 aromatic rings. The number of carbonyl (C=O) groups is 5. The van der Waals surface area contributed by atoms with Crippen LogP contribution in [0.25, 0.3) is 0 Å². The summed E-state index contributed by atoms with van der Waals surface area (Å²) in [6.45, 7) is 1.91. The fourth-order valence-corrected chi connectivity index (χ4v) is 5.37. The molecule has 4 atom stereocenters. The van der Waals surface area contributed by atoms with Crippen molar-refractivity contribution in [2.24, 2.45) is 17.6 Å². The molecule has 0 radical (unpaired) electrons. The van der Waals surface area contributed by atoms with E-state index in [1.165, 1.54) is 24.3 Å². The fourth-order valence-electron chi connectivity index (χ4n) is 5.37. The van der Waals surface area contributed by atoms with Gasteiger partial charge in [-0.3, -0.25) is 24.5 Å². The summed E-state index contributed by atoms with van der Waals surface area (Å²) in [7, 11) is 0. The van der Waals surface area contributed by atoms with Crippen LogP contribution in [-0.2, 0) is 29.5 Å². The Labute approximate surface area is 194 Å². The minimum atomic E-state index is -1.51. The summed E-state index contributed by atoms with van der Waals surface area (Å²) in [5.74, 6) is -4.78. The molecule has 10 nitrogen and oxygen atoms in total. The summed E-state index contributed by atoms with van der Waals surface area (Å²) >= 11 is 0. The highest BCUT2D eigenvalue weighted by Crippen LogP contribution is 2.53. The number of benzene rings is 2. The zero-order valence-corrected chi connectivity index (χ0v) is 18.2. The van der Waals surface area contributed by atoms with Crippen LogP contribution in [0.5, 0.6) is 0 Å². The van der Waals surface area contributed by atoms with Gasteiger partial charge in [-0.2, -0.15) is 0 Å². The number of amides is 4. The van der Waals surface area contributed by atoms with Crippen molar-refractivity contribution in [3.63, 3.8) is 0 Å². The number of esters is 1. The maximum Gasteiger partial charge on any atom is 0.338 e. The predicted molar refractivity (Wildman–Crippen MR) is 119 cm³/mol. The van der Waals surface area contributed by atoms with E-state index < -0.39 is 53.0 Å². The van der Waals surface area contributed by atoms with Gasteiger partial charge in [-0.25, -0.2) is 9.69 Å². The fraction of sp³-hybridized carbons (Fsp3) is 0.292. The highest BCUT2D eigenvalue weighted by atomic mass is 16.5. The third-order valence-corrected chi connectivity index (χ3v) is 6.68. The topological polar surface area (TPSA) is 148 Å². The molecule has 3 heterocycles. The zero-order chi connectivity index (χ0) is 24.2. The van der Waals surface area contributed by atoms with Crippen LogP contribution in [0.2, 0.25) is 0 Å². The Hall–Kier alpha value is -4.05. The number of hydrogen-bond donors (Lipinski definition) is 3. The highest BCUT2D eigenvalue weighted by molar-refractivity contribution is 6.26. The second-order valence-corrected chi connectivity index (χ2v) is 8.51. The number of fused-ring (bicyclic) bond motifs is 4. The average molecular weight is 462 g/mol. The number of ether oxygens (including phenoxy) is 1. The second kappa shape index (κ2) is 7.77. The van der Waals surface area contributed by atoms with Crippen LogP contribution in [0.1, 0.15) is 29.3 Å². The van der Waals surface area contributed by atoms with Gasteiger partial charge < -0.3 is 15.8 Å². The number of carbonyl (C=O) groups excluding carboxylic acids is 5. The van der Waals surface area contributed by atoms with E-state index >= 15 is 0 Å². The van der Waals surface area contributed by atoms with E-state index in [-0.39, 0.29) is 24.3 Å². The minimum absolute atomic E-state index is 0.215. The zero-order valence-electron chi connectivity index (χ0n) is 18.2. The highest BCUT2D eigenvalue weighted by Gasteiger charge is 2.70. The summed E-state index contributed by atoms with van der Waals surface area (Å²) in [5.41, 5.74) is 5.55. The Balaban J connectivity index is 1.58. The molecule has 4 amide bonds. The van der Waals surface area contributed by atoms with Crippen LogP contribution in [0.15, 0.2) is 48.5 Å². The van der Waals surface area contributed by atoms with Gasteiger partial charge in [-0.15, -0.1) is 0 Å². The Bertz CT molecular complexity index is 1240. The van der Waals surface area contributed by atoms with Crippen LogP contribution < -0.4 is 21.3 Å². The Kier molecular flexibility index (Phi) is 4.98.